The van der Waals surface area contributed by atoms with Gasteiger partial charge in [0.1, 0.15) is 0 Å². The molecule has 1 nitrogen and oxygen atoms in total. The lowest BCUT2D eigenvalue weighted by atomic mass is 10.0. The maximum atomic E-state index is 3.56. The molecule has 1 heterocycles. The van der Waals surface area contributed by atoms with Crippen LogP contribution in [-0.2, 0) is 6.54 Å². The first-order valence-electron chi connectivity index (χ1n) is 11.7. The molecule has 4 aromatic carbocycles. The van der Waals surface area contributed by atoms with Gasteiger partial charge in [0.25, 0.3) is 0 Å². The van der Waals surface area contributed by atoms with Crippen molar-refractivity contribution in [2.45, 2.75) is 39.2 Å². The summed E-state index contributed by atoms with van der Waals surface area (Å²) >= 11 is 7.11. The molecule has 5 aromatic rings. The molecular formula is C30H27Br2N. The maximum Gasteiger partial charge on any atom is 0.0497 e. The Hall–Kier alpha value is -2.36. The van der Waals surface area contributed by atoms with Crippen LogP contribution in [-0.4, -0.2) is 4.57 Å². The summed E-state index contributed by atoms with van der Waals surface area (Å²) in [5.41, 5.74) is 7.68. The van der Waals surface area contributed by atoms with Gasteiger partial charge < -0.3 is 4.57 Å². The Morgan fingerprint density at radius 3 is 1.45 bits per heavy atom. The van der Waals surface area contributed by atoms with Gasteiger partial charge in [-0.1, -0.05) is 107 Å². The number of hydrogen-bond donors (Lipinski definition) is 0. The number of nitrogens with zero attached hydrogens (tertiary/aromatic N) is 1. The molecule has 0 N–H and O–H groups in total. The first-order valence-corrected chi connectivity index (χ1v) is 13.3. The fourth-order valence-corrected chi connectivity index (χ4v) is 5.21. The zero-order valence-corrected chi connectivity index (χ0v) is 22.0. The smallest absolute Gasteiger partial charge is 0.0497 e. The Morgan fingerprint density at radius 1 is 0.545 bits per heavy atom. The Bertz CT molecular complexity index is 1290. The van der Waals surface area contributed by atoms with Gasteiger partial charge in [-0.15, -0.1) is 0 Å². The zero-order chi connectivity index (χ0) is 22.8. The number of halogens is 2. The number of aryl methyl sites for hydroxylation is 1. The van der Waals surface area contributed by atoms with Crippen LogP contribution in [0.25, 0.3) is 44.1 Å². The van der Waals surface area contributed by atoms with E-state index in [9.17, 15) is 0 Å². The van der Waals surface area contributed by atoms with E-state index in [1.165, 1.54) is 69.7 Å². The largest absolute Gasteiger partial charge is 0.340 e. The predicted molar refractivity (Wildman–Crippen MR) is 150 cm³/mol. The van der Waals surface area contributed by atoms with Crippen molar-refractivity contribution in [3.63, 3.8) is 0 Å². The lowest BCUT2D eigenvalue weighted by molar-refractivity contribution is 0.602. The Labute approximate surface area is 212 Å². The number of aromatic nitrogens is 1. The monoisotopic (exact) mass is 559 g/mol. The molecule has 0 fully saturated rings. The summed E-state index contributed by atoms with van der Waals surface area (Å²) in [4.78, 5) is 0. The van der Waals surface area contributed by atoms with Crippen LogP contribution in [0.1, 0.15) is 32.6 Å². The number of unbranched alkanes of at least 4 members (excludes halogenated alkanes) is 3. The average Bonchev–Trinajstić information content (AvgIpc) is 3.15. The quantitative estimate of drug-likeness (QED) is 0.174. The summed E-state index contributed by atoms with van der Waals surface area (Å²) < 4.78 is 4.76. The van der Waals surface area contributed by atoms with E-state index in [1.54, 1.807) is 0 Å². The van der Waals surface area contributed by atoms with Crippen molar-refractivity contribution in [2.75, 3.05) is 0 Å². The summed E-state index contributed by atoms with van der Waals surface area (Å²) in [6.45, 7) is 3.32. The van der Waals surface area contributed by atoms with E-state index in [2.05, 4.69) is 128 Å². The molecule has 0 aliphatic rings. The highest BCUT2D eigenvalue weighted by molar-refractivity contribution is 9.10. The van der Waals surface area contributed by atoms with Crippen LogP contribution in [0.3, 0.4) is 0 Å². The first-order chi connectivity index (χ1) is 16.1. The van der Waals surface area contributed by atoms with Crippen molar-refractivity contribution in [3.05, 3.63) is 93.9 Å². The molecular weight excluding hydrogens is 534 g/mol. The van der Waals surface area contributed by atoms with Crippen LogP contribution in [0, 0.1) is 0 Å². The summed E-state index contributed by atoms with van der Waals surface area (Å²) in [6.07, 6.45) is 5.04. The summed E-state index contributed by atoms with van der Waals surface area (Å²) in [7, 11) is 0. The summed E-state index contributed by atoms with van der Waals surface area (Å²) in [6, 6.07) is 31.1. The minimum absolute atomic E-state index is 1.05. The molecule has 0 amide bonds. The SMILES string of the molecule is CCCCCCn1c2cc(-c3ccc(Br)cc3)ccc2c2ccc(-c3ccc(Br)cc3)cc21. The fraction of sp³-hybridized carbons (Fsp3) is 0.200. The van der Waals surface area contributed by atoms with Gasteiger partial charge in [-0.2, -0.15) is 0 Å². The van der Waals surface area contributed by atoms with E-state index in [0.29, 0.717) is 0 Å². The summed E-state index contributed by atoms with van der Waals surface area (Å²) in [5.74, 6) is 0. The van der Waals surface area contributed by atoms with Crippen molar-refractivity contribution in [1.82, 2.24) is 4.57 Å². The number of hydrogen-bond acceptors (Lipinski definition) is 0. The third kappa shape index (κ3) is 4.67. The molecule has 0 aliphatic carbocycles. The van der Waals surface area contributed by atoms with Gasteiger partial charge in [0.05, 0.1) is 0 Å². The lowest BCUT2D eigenvalue weighted by Gasteiger charge is -2.10. The second-order valence-electron chi connectivity index (χ2n) is 8.69. The Balaban J connectivity index is 1.65. The van der Waals surface area contributed by atoms with Gasteiger partial charge in [0.15, 0.2) is 0 Å². The molecule has 0 spiro atoms. The van der Waals surface area contributed by atoms with Gasteiger partial charge in [0.2, 0.25) is 0 Å². The molecule has 3 heteroatoms. The van der Waals surface area contributed by atoms with Gasteiger partial charge in [0, 0.05) is 37.3 Å². The van der Waals surface area contributed by atoms with Crippen molar-refractivity contribution in [3.8, 4) is 22.3 Å². The van der Waals surface area contributed by atoms with Gasteiger partial charge in [-0.25, -0.2) is 0 Å². The molecule has 0 bridgehead atoms. The molecule has 1 aromatic heterocycles. The first kappa shape index (κ1) is 22.4. The minimum atomic E-state index is 1.05. The zero-order valence-electron chi connectivity index (χ0n) is 18.8. The number of benzene rings is 4. The molecule has 166 valence electrons. The van der Waals surface area contributed by atoms with E-state index >= 15 is 0 Å². The topological polar surface area (TPSA) is 4.93 Å². The van der Waals surface area contributed by atoms with E-state index < -0.39 is 0 Å². The minimum Gasteiger partial charge on any atom is -0.340 e. The van der Waals surface area contributed by atoms with Crippen LogP contribution in [0.15, 0.2) is 93.9 Å². The van der Waals surface area contributed by atoms with Crippen LogP contribution in [0.2, 0.25) is 0 Å². The highest BCUT2D eigenvalue weighted by Crippen LogP contribution is 2.35. The van der Waals surface area contributed by atoms with E-state index in [-0.39, 0.29) is 0 Å². The van der Waals surface area contributed by atoms with Crippen molar-refractivity contribution in [2.24, 2.45) is 0 Å². The van der Waals surface area contributed by atoms with E-state index in [0.717, 1.165) is 15.5 Å². The highest BCUT2D eigenvalue weighted by Gasteiger charge is 2.13. The number of fused-ring (bicyclic) bond motifs is 3. The van der Waals surface area contributed by atoms with Crippen molar-refractivity contribution >= 4 is 53.7 Å². The third-order valence-electron chi connectivity index (χ3n) is 6.46. The predicted octanol–water partition coefficient (Wildman–Crippen LogP) is 10.2. The fourth-order valence-electron chi connectivity index (χ4n) is 4.68. The Morgan fingerprint density at radius 2 is 1.00 bits per heavy atom. The van der Waals surface area contributed by atoms with Crippen molar-refractivity contribution < 1.29 is 0 Å². The Kier molecular flexibility index (Phi) is 6.71. The molecule has 0 saturated heterocycles. The van der Waals surface area contributed by atoms with Crippen LogP contribution < -0.4 is 0 Å². The van der Waals surface area contributed by atoms with Gasteiger partial charge in [-0.05, 0) is 65.1 Å². The van der Waals surface area contributed by atoms with Gasteiger partial charge in [-0.3, -0.25) is 0 Å². The molecule has 0 atom stereocenters. The highest BCUT2D eigenvalue weighted by atomic mass is 79.9. The third-order valence-corrected chi connectivity index (χ3v) is 7.51. The molecule has 5 rings (SSSR count). The molecule has 33 heavy (non-hydrogen) atoms. The average molecular weight is 561 g/mol. The van der Waals surface area contributed by atoms with Crippen LogP contribution in [0.4, 0.5) is 0 Å². The second-order valence-corrected chi connectivity index (χ2v) is 10.5. The standard InChI is InChI=1S/C30H27Br2N/c1-2-3-4-5-18-33-29-19-23(21-6-12-25(31)13-7-21)10-16-27(29)28-17-11-24(20-30(28)33)22-8-14-26(32)15-9-22/h6-17,19-20H,2-5,18H2,1H3. The molecule has 0 saturated carbocycles. The molecule has 0 unspecified atom stereocenters. The van der Waals surface area contributed by atoms with E-state index in [1.807, 2.05) is 0 Å². The van der Waals surface area contributed by atoms with Crippen molar-refractivity contribution in [1.29, 1.82) is 0 Å². The summed E-state index contributed by atoms with van der Waals surface area (Å²) in [5, 5.41) is 2.67. The van der Waals surface area contributed by atoms with Crippen LogP contribution in [0.5, 0.6) is 0 Å². The van der Waals surface area contributed by atoms with Gasteiger partial charge >= 0.3 is 0 Å². The molecule has 0 radical (unpaired) electrons. The molecule has 0 aliphatic heterocycles. The second kappa shape index (κ2) is 9.87. The lowest BCUT2D eigenvalue weighted by Crippen LogP contribution is -1.98. The number of rotatable bonds is 7. The van der Waals surface area contributed by atoms with E-state index in [4.69, 9.17) is 0 Å². The maximum absolute atomic E-state index is 3.56. The normalized spacial score (nSPS) is 11.5. The van der Waals surface area contributed by atoms with Crippen LogP contribution >= 0.6 is 31.9 Å².